The number of aliphatic hydroxyl groups excluding tert-OH is 1. The van der Waals surface area contributed by atoms with Gasteiger partial charge in [-0.3, -0.25) is 4.79 Å². The highest BCUT2D eigenvalue weighted by Gasteiger charge is 2.04. The number of nitrogens with zero attached hydrogens (tertiary/aromatic N) is 4. The molecule has 0 bridgehead atoms. The number of anilines is 1. The molecule has 0 aliphatic carbocycles. The Balaban J connectivity index is 0.000000425. The number of aliphatic imine (C=N–C) groups is 1. The van der Waals surface area contributed by atoms with E-state index in [0.717, 1.165) is 5.69 Å². The molecule has 2 aromatic rings. The van der Waals surface area contributed by atoms with E-state index in [9.17, 15) is 9.90 Å². The summed E-state index contributed by atoms with van der Waals surface area (Å²) in [5, 5.41) is 30.9. The first kappa shape index (κ1) is 26.5. The minimum absolute atomic E-state index is 0.0207. The molecule has 0 amide bonds. The number of aryl methyl sites for hydroxylation is 1. The molecule has 0 radical (unpaired) electrons. The van der Waals surface area contributed by atoms with Crippen LogP contribution in [0.3, 0.4) is 0 Å². The van der Waals surface area contributed by atoms with Crippen molar-refractivity contribution >= 4 is 28.7 Å². The molecule has 1 aromatic heterocycles. The maximum Gasteiger partial charge on any atom is 0.170 e. The van der Waals surface area contributed by atoms with Crippen molar-refractivity contribution in [3.63, 3.8) is 0 Å². The average Bonchev–Trinajstić information content (AvgIpc) is 2.83. The number of halogens is 1. The van der Waals surface area contributed by atoms with Crippen molar-refractivity contribution in [1.29, 1.82) is 5.26 Å². The zero-order valence-corrected chi connectivity index (χ0v) is 19.1. The van der Waals surface area contributed by atoms with Crippen molar-refractivity contribution in [2.24, 2.45) is 4.99 Å². The van der Waals surface area contributed by atoms with Gasteiger partial charge < -0.3 is 15.7 Å². The van der Waals surface area contributed by atoms with E-state index in [4.69, 9.17) is 16.9 Å². The number of nitrogens with one attached hydrogen (secondary N) is 2. The van der Waals surface area contributed by atoms with E-state index in [1.165, 1.54) is 29.5 Å². The number of aliphatic hydroxyl groups is 1. The van der Waals surface area contributed by atoms with Gasteiger partial charge in [0.1, 0.15) is 22.8 Å². The maximum absolute atomic E-state index is 10.1. The van der Waals surface area contributed by atoms with Crippen LogP contribution in [0.2, 0.25) is 0 Å². The number of carbonyl (C=O) groups excluding carboxylic acids is 1. The molecule has 2 rings (SSSR count). The molecule has 1 heterocycles. The van der Waals surface area contributed by atoms with Gasteiger partial charge in [-0.2, -0.15) is 10.4 Å². The molecule has 3 N–H and O–H groups in total. The van der Waals surface area contributed by atoms with Crippen LogP contribution in [0.5, 0.6) is 0 Å². The number of carbonyl (C=O) groups is 1. The summed E-state index contributed by atoms with van der Waals surface area (Å²) >= 11 is 5.93. The molecule has 0 aliphatic rings. The second kappa shape index (κ2) is 14.5. The lowest BCUT2D eigenvalue weighted by Crippen LogP contribution is -2.28. The summed E-state index contributed by atoms with van der Waals surface area (Å²) in [6.07, 6.45) is 6.00. The number of nitriles is 1. The van der Waals surface area contributed by atoms with Crippen LogP contribution >= 0.6 is 11.6 Å². The first-order valence-electron chi connectivity index (χ1n) is 9.76. The average molecular weight is 455 g/mol. The Labute approximate surface area is 193 Å². The van der Waals surface area contributed by atoms with Crippen molar-refractivity contribution in [3.05, 3.63) is 77.4 Å². The molecule has 32 heavy (non-hydrogen) atoms. The third-order valence-corrected chi connectivity index (χ3v) is 4.38. The lowest BCUT2D eigenvalue weighted by atomic mass is 10.0. The summed E-state index contributed by atoms with van der Waals surface area (Å²) in [4.78, 5) is 14.3. The topological polar surface area (TPSA) is 123 Å². The Hall–Kier alpha value is -3.54. The van der Waals surface area contributed by atoms with Crippen LogP contribution in [0.25, 0.3) is 0 Å². The molecule has 0 saturated carbocycles. The fourth-order valence-electron chi connectivity index (χ4n) is 2.35. The number of allylic oxidation sites excluding steroid dienone is 2. The summed E-state index contributed by atoms with van der Waals surface area (Å²) in [7, 11) is 1.90. The fourth-order valence-corrected chi connectivity index (χ4v) is 2.44. The van der Waals surface area contributed by atoms with Crippen molar-refractivity contribution in [1.82, 2.24) is 15.5 Å². The molecule has 168 valence electrons. The zero-order valence-electron chi connectivity index (χ0n) is 18.3. The number of aromatic nitrogens is 2. The molecule has 1 aromatic carbocycles. The van der Waals surface area contributed by atoms with Gasteiger partial charge in [-0.25, -0.2) is 4.99 Å². The van der Waals surface area contributed by atoms with Gasteiger partial charge in [-0.1, -0.05) is 24.2 Å². The second-order valence-corrected chi connectivity index (χ2v) is 7.04. The van der Waals surface area contributed by atoms with Gasteiger partial charge in [0.25, 0.3) is 0 Å². The van der Waals surface area contributed by atoms with E-state index >= 15 is 0 Å². The highest BCUT2D eigenvalue weighted by molar-refractivity contribution is 6.68. The van der Waals surface area contributed by atoms with Gasteiger partial charge in [0.15, 0.2) is 6.29 Å². The number of benzene rings is 1. The van der Waals surface area contributed by atoms with Gasteiger partial charge in [-0.05, 0) is 61.7 Å². The summed E-state index contributed by atoms with van der Waals surface area (Å²) in [5.41, 5.74) is 4.01. The van der Waals surface area contributed by atoms with Crippen LogP contribution in [0, 0.1) is 18.3 Å². The van der Waals surface area contributed by atoms with E-state index in [2.05, 4.69) is 51.5 Å². The monoisotopic (exact) mass is 454 g/mol. The Morgan fingerprint density at radius 3 is 2.78 bits per heavy atom. The molecule has 1 atom stereocenters. The summed E-state index contributed by atoms with van der Waals surface area (Å²) < 4.78 is 0. The van der Waals surface area contributed by atoms with E-state index < -0.39 is 0 Å². The number of rotatable bonds is 9. The maximum atomic E-state index is 10.1. The van der Waals surface area contributed by atoms with E-state index in [0.29, 0.717) is 29.3 Å². The van der Waals surface area contributed by atoms with Crippen molar-refractivity contribution in [2.75, 3.05) is 19.0 Å². The summed E-state index contributed by atoms with van der Waals surface area (Å²) in [5.74, 6) is 0.626. The number of hydrogen-bond donors (Lipinski definition) is 3. The lowest BCUT2D eigenvalue weighted by molar-refractivity contribution is 0.111. The van der Waals surface area contributed by atoms with Crippen LogP contribution in [0.15, 0.2) is 60.0 Å². The van der Waals surface area contributed by atoms with Crippen LogP contribution in [-0.4, -0.2) is 46.5 Å². The predicted molar refractivity (Wildman–Crippen MR) is 128 cm³/mol. The Morgan fingerprint density at radius 2 is 2.19 bits per heavy atom. The standard InChI is InChI=1S/C17H24ClN3O.C6H3N3O/c1-5-16(18)21-17(20-13(3)11-22)9-7-14-10-15(19-4)8-6-12(14)2;7-2-5-1-6(4-10)9-8-3-5/h5-6,8-10,13,19-20,22H,1,7,11H2,2-4H3;1,3-4H/b17-9-,21-16+;. The van der Waals surface area contributed by atoms with Crippen LogP contribution in [0.1, 0.15) is 34.1 Å². The first-order chi connectivity index (χ1) is 15.4. The van der Waals surface area contributed by atoms with Gasteiger partial charge in [0, 0.05) is 18.8 Å². The number of aldehydes is 1. The van der Waals surface area contributed by atoms with Crippen molar-refractivity contribution in [3.8, 4) is 6.07 Å². The van der Waals surface area contributed by atoms with E-state index in [1.807, 2.05) is 32.2 Å². The normalized spacial score (nSPS) is 12.0. The van der Waals surface area contributed by atoms with Gasteiger partial charge in [-0.15, -0.1) is 5.10 Å². The first-order valence-corrected chi connectivity index (χ1v) is 10.1. The van der Waals surface area contributed by atoms with Crippen LogP contribution in [0.4, 0.5) is 5.69 Å². The summed E-state index contributed by atoms with van der Waals surface area (Å²) in [6, 6.07) is 9.35. The predicted octanol–water partition coefficient (Wildman–Crippen LogP) is 3.38. The van der Waals surface area contributed by atoms with E-state index in [-0.39, 0.29) is 18.3 Å². The van der Waals surface area contributed by atoms with Gasteiger partial charge in [0.2, 0.25) is 0 Å². The minimum atomic E-state index is -0.103. The molecule has 0 spiro atoms. The Bertz CT molecular complexity index is 1010. The van der Waals surface area contributed by atoms with E-state index in [1.54, 1.807) is 0 Å². The Kier molecular flexibility index (Phi) is 12.0. The lowest BCUT2D eigenvalue weighted by Gasteiger charge is -2.13. The Morgan fingerprint density at radius 1 is 1.44 bits per heavy atom. The zero-order chi connectivity index (χ0) is 23.9. The molecule has 0 saturated heterocycles. The highest BCUT2D eigenvalue weighted by atomic mass is 35.5. The smallest absolute Gasteiger partial charge is 0.170 e. The summed E-state index contributed by atoms with van der Waals surface area (Å²) in [6.45, 7) is 7.56. The second-order valence-electron chi connectivity index (χ2n) is 6.65. The molecule has 9 heteroatoms. The van der Waals surface area contributed by atoms with Crippen molar-refractivity contribution in [2.45, 2.75) is 26.3 Å². The molecule has 1 unspecified atom stereocenters. The SMILES string of the molecule is C=C/C(Cl)=N\C(=C/Cc1cc(NC)ccc1C)NC(C)CO.N#Cc1cnnc(C=O)c1. The molecule has 0 aliphatic heterocycles. The highest BCUT2D eigenvalue weighted by Crippen LogP contribution is 2.16. The third kappa shape index (κ3) is 9.51. The third-order valence-electron chi connectivity index (χ3n) is 4.14. The van der Waals surface area contributed by atoms with Crippen molar-refractivity contribution < 1.29 is 9.90 Å². The van der Waals surface area contributed by atoms with Gasteiger partial charge in [0.05, 0.1) is 18.4 Å². The molecule has 8 nitrogen and oxygen atoms in total. The largest absolute Gasteiger partial charge is 0.394 e. The molecular formula is C23H27ClN6O2. The van der Waals surface area contributed by atoms with Gasteiger partial charge >= 0.3 is 0 Å². The fraction of sp³-hybridized carbons (Fsp3) is 0.261. The number of hydrogen-bond acceptors (Lipinski definition) is 8. The molecule has 0 fully saturated rings. The quantitative estimate of drug-likeness (QED) is 0.392. The van der Waals surface area contributed by atoms with Crippen LogP contribution in [-0.2, 0) is 6.42 Å². The van der Waals surface area contributed by atoms with Crippen LogP contribution < -0.4 is 10.6 Å². The molecular weight excluding hydrogens is 428 g/mol. The minimum Gasteiger partial charge on any atom is -0.394 e.